The maximum atomic E-state index is 5.85. The predicted molar refractivity (Wildman–Crippen MR) is 67.3 cm³/mol. The normalized spacial score (nSPS) is 9.50. The lowest BCUT2D eigenvalue weighted by molar-refractivity contribution is 1.42. The SMILES string of the molecule is Br.Nc1ncc(-c2cccc(Cl)c2)s1. The van der Waals surface area contributed by atoms with E-state index in [-0.39, 0.29) is 17.0 Å². The summed E-state index contributed by atoms with van der Waals surface area (Å²) in [5.41, 5.74) is 6.59. The average Bonchev–Trinajstić information content (AvgIpc) is 2.52. The summed E-state index contributed by atoms with van der Waals surface area (Å²) >= 11 is 7.31. The lowest BCUT2D eigenvalue weighted by Gasteiger charge is -1.95. The van der Waals surface area contributed by atoms with Gasteiger partial charge in [0.25, 0.3) is 0 Å². The Morgan fingerprint density at radius 2 is 2.14 bits per heavy atom. The van der Waals surface area contributed by atoms with Gasteiger partial charge in [-0.1, -0.05) is 35.1 Å². The van der Waals surface area contributed by atoms with Crippen molar-refractivity contribution in [2.75, 3.05) is 5.73 Å². The molecule has 2 aromatic rings. The van der Waals surface area contributed by atoms with Gasteiger partial charge in [0.15, 0.2) is 5.13 Å². The first-order valence-corrected chi connectivity index (χ1v) is 4.92. The number of hydrogen-bond acceptors (Lipinski definition) is 3. The van der Waals surface area contributed by atoms with E-state index in [1.54, 1.807) is 6.20 Å². The number of halogens is 2. The van der Waals surface area contributed by atoms with E-state index < -0.39 is 0 Å². The number of benzene rings is 1. The minimum absolute atomic E-state index is 0. The summed E-state index contributed by atoms with van der Waals surface area (Å²) in [6, 6.07) is 7.64. The Hall–Kier alpha value is -0.580. The fourth-order valence-corrected chi connectivity index (χ4v) is 1.93. The van der Waals surface area contributed by atoms with Gasteiger partial charge < -0.3 is 5.73 Å². The standard InChI is InChI=1S/C9H7ClN2S.BrH/c10-7-3-1-2-6(4-7)8-5-12-9(11)13-8;/h1-5H,(H2,11,12);1H. The molecule has 14 heavy (non-hydrogen) atoms. The van der Waals surface area contributed by atoms with Gasteiger partial charge in [-0.05, 0) is 17.7 Å². The van der Waals surface area contributed by atoms with E-state index in [2.05, 4.69) is 4.98 Å². The Labute approximate surface area is 102 Å². The highest BCUT2D eigenvalue weighted by Crippen LogP contribution is 2.28. The number of hydrogen-bond donors (Lipinski definition) is 1. The molecule has 0 aliphatic heterocycles. The Kier molecular flexibility index (Phi) is 3.92. The Bertz CT molecular complexity index is 430. The van der Waals surface area contributed by atoms with Crippen molar-refractivity contribution in [1.29, 1.82) is 0 Å². The van der Waals surface area contributed by atoms with Crippen LogP contribution in [0, 0.1) is 0 Å². The number of aromatic nitrogens is 1. The van der Waals surface area contributed by atoms with Crippen molar-refractivity contribution in [3.8, 4) is 10.4 Å². The first-order chi connectivity index (χ1) is 6.25. The second kappa shape index (κ2) is 4.77. The van der Waals surface area contributed by atoms with Crippen LogP contribution in [0.25, 0.3) is 10.4 Å². The Morgan fingerprint density at radius 1 is 1.36 bits per heavy atom. The van der Waals surface area contributed by atoms with Crippen molar-refractivity contribution in [1.82, 2.24) is 4.98 Å². The van der Waals surface area contributed by atoms with E-state index in [1.165, 1.54) is 11.3 Å². The molecule has 1 aromatic heterocycles. The smallest absolute Gasteiger partial charge is 0.180 e. The third kappa shape index (κ3) is 2.47. The Morgan fingerprint density at radius 3 is 2.71 bits per heavy atom. The largest absolute Gasteiger partial charge is 0.375 e. The van der Waals surface area contributed by atoms with Gasteiger partial charge in [-0.2, -0.15) is 0 Å². The zero-order chi connectivity index (χ0) is 9.26. The minimum atomic E-state index is 0. The molecule has 0 amide bonds. The lowest BCUT2D eigenvalue weighted by Crippen LogP contribution is -1.77. The highest BCUT2D eigenvalue weighted by Gasteiger charge is 2.01. The van der Waals surface area contributed by atoms with Crippen molar-refractivity contribution in [2.45, 2.75) is 0 Å². The monoisotopic (exact) mass is 290 g/mol. The minimum Gasteiger partial charge on any atom is -0.375 e. The topological polar surface area (TPSA) is 38.9 Å². The highest BCUT2D eigenvalue weighted by molar-refractivity contribution is 8.93. The summed E-state index contributed by atoms with van der Waals surface area (Å²) in [5.74, 6) is 0. The fraction of sp³-hybridized carbons (Fsp3) is 0. The second-order valence-corrected chi connectivity index (χ2v) is 4.07. The summed E-state index contributed by atoms with van der Waals surface area (Å²) in [6.45, 7) is 0. The molecule has 74 valence electrons. The summed E-state index contributed by atoms with van der Waals surface area (Å²) in [5, 5.41) is 1.31. The quantitative estimate of drug-likeness (QED) is 0.871. The molecule has 0 aliphatic rings. The van der Waals surface area contributed by atoms with Crippen LogP contribution >= 0.6 is 39.9 Å². The van der Waals surface area contributed by atoms with Crippen molar-refractivity contribution >= 4 is 45.1 Å². The van der Waals surface area contributed by atoms with Gasteiger partial charge in [0.05, 0.1) is 4.88 Å². The van der Waals surface area contributed by atoms with Crippen LogP contribution in [-0.4, -0.2) is 4.98 Å². The number of rotatable bonds is 1. The van der Waals surface area contributed by atoms with E-state index in [4.69, 9.17) is 17.3 Å². The van der Waals surface area contributed by atoms with Crippen LogP contribution in [0.4, 0.5) is 5.13 Å². The number of nitrogens with zero attached hydrogens (tertiary/aromatic N) is 1. The van der Waals surface area contributed by atoms with Crippen molar-refractivity contribution in [2.24, 2.45) is 0 Å². The second-order valence-electron chi connectivity index (χ2n) is 2.57. The number of nitrogen functional groups attached to an aromatic ring is 1. The first-order valence-electron chi connectivity index (χ1n) is 3.73. The summed E-state index contributed by atoms with van der Waals surface area (Å²) in [7, 11) is 0. The van der Waals surface area contributed by atoms with Gasteiger partial charge in [0.1, 0.15) is 0 Å². The molecule has 2 nitrogen and oxygen atoms in total. The van der Waals surface area contributed by atoms with E-state index in [1.807, 2.05) is 24.3 Å². The van der Waals surface area contributed by atoms with Crippen LogP contribution in [-0.2, 0) is 0 Å². The predicted octanol–water partition coefficient (Wildman–Crippen LogP) is 3.62. The maximum absolute atomic E-state index is 5.85. The van der Waals surface area contributed by atoms with Crippen LogP contribution in [0.15, 0.2) is 30.5 Å². The molecule has 1 aromatic carbocycles. The third-order valence-electron chi connectivity index (χ3n) is 1.63. The molecule has 2 N–H and O–H groups in total. The number of thiazole rings is 1. The van der Waals surface area contributed by atoms with Crippen molar-refractivity contribution < 1.29 is 0 Å². The maximum Gasteiger partial charge on any atom is 0.180 e. The van der Waals surface area contributed by atoms with Crippen LogP contribution in [0.2, 0.25) is 5.02 Å². The van der Waals surface area contributed by atoms with Gasteiger partial charge in [0.2, 0.25) is 0 Å². The van der Waals surface area contributed by atoms with E-state index in [9.17, 15) is 0 Å². The van der Waals surface area contributed by atoms with E-state index in [0.29, 0.717) is 5.13 Å². The lowest BCUT2D eigenvalue weighted by atomic mass is 10.2. The van der Waals surface area contributed by atoms with Crippen molar-refractivity contribution in [3.63, 3.8) is 0 Å². The number of anilines is 1. The molecule has 0 saturated heterocycles. The third-order valence-corrected chi connectivity index (χ3v) is 2.74. The average molecular weight is 292 g/mol. The summed E-state index contributed by atoms with van der Waals surface area (Å²) < 4.78 is 0. The molecule has 0 spiro atoms. The molecular weight excluding hydrogens is 284 g/mol. The van der Waals surface area contributed by atoms with E-state index >= 15 is 0 Å². The molecule has 0 fully saturated rings. The molecule has 1 heterocycles. The zero-order valence-electron chi connectivity index (χ0n) is 7.11. The van der Waals surface area contributed by atoms with Gasteiger partial charge in [-0.15, -0.1) is 17.0 Å². The summed E-state index contributed by atoms with van der Waals surface area (Å²) in [6.07, 6.45) is 1.76. The molecular formula is C9H8BrClN2S. The molecule has 5 heteroatoms. The first kappa shape index (κ1) is 11.5. The van der Waals surface area contributed by atoms with Crippen molar-refractivity contribution in [3.05, 3.63) is 35.5 Å². The van der Waals surface area contributed by atoms with Gasteiger partial charge >= 0.3 is 0 Å². The fourth-order valence-electron chi connectivity index (χ4n) is 1.06. The molecule has 0 unspecified atom stereocenters. The van der Waals surface area contributed by atoms with Gasteiger partial charge in [-0.25, -0.2) is 4.98 Å². The highest BCUT2D eigenvalue weighted by atomic mass is 79.9. The molecule has 0 aliphatic carbocycles. The Balaban J connectivity index is 0.000000980. The van der Waals surface area contributed by atoms with Gasteiger partial charge in [0, 0.05) is 11.2 Å². The molecule has 0 saturated carbocycles. The molecule has 0 radical (unpaired) electrons. The zero-order valence-corrected chi connectivity index (χ0v) is 10.4. The molecule has 0 atom stereocenters. The van der Waals surface area contributed by atoms with Gasteiger partial charge in [-0.3, -0.25) is 0 Å². The van der Waals surface area contributed by atoms with Crippen LogP contribution in [0.3, 0.4) is 0 Å². The van der Waals surface area contributed by atoms with Crippen LogP contribution in [0.1, 0.15) is 0 Å². The molecule has 2 rings (SSSR count). The van der Waals surface area contributed by atoms with E-state index in [0.717, 1.165) is 15.5 Å². The number of nitrogens with two attached hydrogens (primary N) is 1. The molecule has 0 bridgehead atoms. The van der Waals surface area contributed by atoms with Crippen LogP contribution in [0.5, 0.6) is 0 Å². The van der Waals surface area contributed by atoms with Crippen LogP contribution < -0.4 is 5.73 Å². The summed E-state index contributed by atoms with van der Waals surface area (Å²) in [4.78, 5) is 5.02.